The van der Waals surface area contributed by atoms with E-state index in [9.17, 15) is 4.79 Å². The van der Waals surface area contributed by atoms with Crippen LogP contribution in [0.4, 0.5) is 0 Å². The summed E-state index contributed by atoms with van der Waals surface area (Å²) in [6, 6.07) is -0.163. The van der Waals surface area contributed by atoms with Crippen molar-refractivity contribution in [2.75, 3.05) is 13.1 Å². The van der Waals surface area contributed by atoms with Gasteiger partial charge in [0.2, 0.25) is 0 Å². The largest absolute Gasteiger partial charge is 0.480 e. The normalized spacial score (nSPS) is 22.1. The predicted molar refractivity (Wildman–Crippen MR) is 74.8 cm³/mol. The maximum atomic E-state index is 10.6. The maximum Gasteiger partial charge on any atom is 0.322 e. The van der Waals surface area contributed by atoms with E-state index in [1.54, 1.807) is 0 Å². The molecule has 1 aliphatic heterocycles. The van der Waals surface area contributed by atoms with E-state index in [4.69, 9.17) is 5.11 Å². The zero-order valence-corrected chi connectivity index (χ0v) is 11.9. The molecule has 0 aliphatic carbocycles. The molecular formula is C15H29NO2. The van der Waals surface area contributed by atoms with Gasteiger partial charge >= 0.3 is 5.97 Å². The Labute approximate surface area is 112 Å². The number of carbonyl (C=O) groups is 1. The SMILES string of the molecule is CCCCCCCCCCCCN1CC1C(=O)O. The molecule has 3 heteroatoms. The predicted octanol–water partition coefficient (Wildman–Crippen LogP) is 3.68. The summed E-state index contributed by atoms with van der Waals surface area (Å²) < 4.78 is 0. The molecule has 0 bridgehead atoms. The highest BCUT2D eigenvalue weighted by atomic mass is 16.4. The second-order valence-corrected chi connectivity index (χ2v) is 5.53. The number of unbranched alkanes of at least 4 members (excludes halogenated alkanes) is 9. The van der Waals surface area contributed by atoms with E-state index >= 15 is 0 Å². The lowest BCUT2D eigenvalue weighted by Gasteiger charge is -2.03. The van der Waals surface area contributed by atoms with Crippen LogP contribution in [0.3, 0.4) is 0 Å². The summed E-state index contributed by atoms with van der Waals surface area (Å²) in [6.45, 7) is 4.00. The average Bonchev–Trinajstić information content (AvgIpc) is 3.11. The molecule has 0 spiro atoms. The van der Waals surface area contributed by atoms with E-state index in [0.717, 1.165) is 13.1 Å². The first-order valence-electron chi connectivity index (χ1n) is 7.72. The number of carboxylic acids is 1. The number of hydrogen-bond acceptors (Lipinski definition) is 2. The molecule has 1 saturated heterocycles. The van der Waals surface area contributed by atoms with Gasteiger partial charge in [0.15, 0.2) is 0 Å². The van der Waals surface area contributed by atoms with Crippen LogP contribution < -0.4 is 0 Å². The fourth-order valence-electron chi connectivity index (χ4n) is 2.46. The Morgan fingerprint density at radius 3 is 1.94 bits per heavy atom. The van der Waals surface area contributed by atoms with Crippen molar-refractivity contribution in [2.45, 2.75) is 77.2 Å². The lowest BCUT2D eigenvalue weighted by molar-refractivity contribution is -0.137. The van der Waals surface area contributed by atoms with Crippen LogP contribution in [0.25, 0.3) is 0 Å². The van der Waals surface area contributed by atoms with Gasteiger partial charge in [0.05, 0.1) is 0 Å². The van der Waals surface area contributed by atoms with Gasteiger partial charge in [-0.25, -0.2) is 0 Å². The van der Waals surface area contributed by atoms with Crippen LogP contribution in [0.1, 0.15) is 71.1 Å². The van der Waals surface area contributed by atoms with Gasteiger partial charge in [-0.3, -0.25) is 9.69 Å². The highest BCUT2D eigenvalue weighted by molar-refractivity contribution is 5.76. The highest BCUT2D eigenvalue weighted by Crippen LogP contribution is 2.18. The van der Waals surface area contributed by atoms with Crippen LogP contribution in [-0.4, -0.2) is 35.1 Å². The number of rotatable bonds is 12. The molecule has 2 unspecified atom stereocenters. The van der Waals surface area contributed by atoms with Crippen molar-refractivity contribution in [1.29, 1.82) is 0 Å². The third-order valence-corrected chi connectivity index (χ3v) is 3.80. The fraction of sp³-hybridized carbons (Fsp3) is 0.933. The standard InChI is InChI=1S/C15H29NO2/c1-2-3-4-5-6-7-8-9-10-11-12-16-13-14(16)15(17)18/h14H,2-13H2,1H3,(H,17,18). The van der Waals surface area contributed by atoms with Crippen LogP contribution in [0.15, 0.2) is 0 Å². The number of carboxylic acid groups (broad SMARTS) is 1. The minimum absolute atomic E-state index is 0.163. The van der Waals surface area contributed by atoms with Gasteiger partial charge in [0.1, 0.15) is 6.04 Å². The van der Waals surface area contributed by atoms with Gasteiger partial charge in [-0.2, -0.15) is 0 Å². The van der Waals surface area contributed by atoms with Gasteiger partial charge in [0, 0.05) is 6.54 Å². The molecule has 1 aliphatic rings. The molecule has 18 heavy (non-hydrogen) atoms. The minimum atomic E-state index is -0.651. The maximum absolute atomic E-state index is 10.6. The molecular weight excluding hydrogens is 226 g/mol. The molecule has 0 aromatic rings. The van der Waals surface area contributed by atoms with Crippen molar-refractivity contribution in [3.8, 4) is 0 Å². The Morgan fingerprint density at radius 1 is 1.00 bits per heavy atom. The highest BCUT2D eigenvalue weighted by Gasteiger charge is 2.39. The van der Waals surface area contributed by atoms with Crippen molar-refractivity contribution in [1.82, 2.24) is 4.90 Å². The third kappa shape index (κ3) is 7.00. The lowest BCUT2D eigenvalue weighted by Crippen LogP contribution is -2.12. The summed E-state index contributed by atoms with van der Waals surface area (Å²) in [5, 5.41) is 8.74. The quantitative estimate of drug-likeness (QED) is 0.427. The Bertz CT molecular complexity index is 231. The molecule has 2 atom stereocenters. The molecule has 0 aromatic carbocycles. The molecule has 1 N–H and O–H groups in total. The zero-order chi connectivity index (χ0) is 13.2. The van der Waals surface area contributed by atoms with Gasteiger partial charge in [-0.05, 0) is 13.0 Å². The number of aliphatic carboxylic acids is 1. The van der Waals surface area contributed by atoms with Crippen LogP contribution >= 0.6 is 0 Å². The number of hydrogen-bond donors (Lipinski definition) is 1. The van der Waals surface area contributed by atoms with Crippen LogP contribution in [-0.2, 0) is 4.79 Å². The van der Waals surface area contributed by atoms with Crippen LogP contribution in [0.5, 0.6) is 0 Å². The summed E-state index contributed by atoms with van der Waals surface area (Å²) in [4.78, 5) is 12.7. The van der Waals surface area contributed by atoms with E-state index in [1.807, 2.05) is 4.90 Å². The van der Waals surface area contributed by atoms with Crippen molar-refractivity contribution in [3.63, 3.8) is 0 Å². The van der Waals surface area contributed by atoms with E-state index < -0.39 is 5.97 Å². The first kappa shape index (κ1) is 15.5. The molecule has 1 heterocycles. The minimum Gasteiger partial charge on any atom is -0.480 e. The van der Waals surface area contributed by atoms with Crippen molar-refractivity contribution in [3.05, 3.63) is 0 Å². The number of nitrogens with zero attached hydrogens (tertiary/aromatic N) is 1. The second-order valence-electron chi connectivity index (χ2n) is 5.53. The van der Waals surface area contributed by atoms with Crippen LogP contribution in [0, 0.1) is 0 Å². The van der Waals surface area contributed by atoms with Crippen molar-refractivity contribution < 1.29 is 9.90 Å². The summed E-state index contributed by atoms with van der Waals surface area (Å²) in [5.41, 5.74) is 0. The molecule has 0 amide bonds. The van der Waals surface area contributed by atoms with E-state index in [0.29, 0.717) is 0 Å². The lowest BCUT2D eigenvalue weighted by atomic mass is 10.1. The van der Waals surface area contributed by atoms with Crippen molar-refractivity contribution in [2.24, 2.45) is 0 Å². The molecule has 0 saturated carbocycles. The Kier molecular flexibility index (Phi) is 8.06. The molecule has 0 aromatic heterocycles. The van der Waals surface area contributed by atoms with Crippen LogP contribution in [0.2, 0.25) is 0 Å². The van der Waals surface area contributed by atoms with Gasteiger partial charge in [-0.1, -0.05) is 64.7 Å². The summed E-state index contributed by atoms with van der Waals surface area (Å²) in [5.74, 6) is -0.651. The third-order valence-electron chi connectivity index (χ3n) is 3.80. The average molecular weight is 255 g/mol. The molecule has 3 nitrogen and oxygen atoms in total. The molecule has 106 valence electrons. The van der Waals surface area contributed by atoms with E-state index in [1.165, 1.54) is 64.2 Å². The molecule has 1 fully saturated rings. The monoisotopic (exact) mass is 255 g/mol. The summed E-state index contributed by atoms with van der Waals surface area (Å²) >= 11 is 0. The van der Waals surface area contributed by atoms with Gasteiger partial charge < -0.3 is 5.11 Å². The van der Waals surface area contributed by atoms with Gasteiger partial charge in [0.25, 0.3) is 0 Å². The van der Waals surface area contributed by atoms with Crippen molar-refractivity contribution >= 4 is 5.97 Å². The topological polar surface area (TPSA) is 40.3 Å². The molecule has 0 radical (unpaired) electrons. The van der Waals surface area contributed by atoms with Gasteiger partial charge in [-0.15, -0.1) is 0 Å². The first-order valence-corrected chi connectivity index (χ1v) is 7.72. The van der Waals surface area contributed by atoms with E-state index in [2.05, 4.69) is 6.92 Å². The molecule has 1 rings (SSSR count). The zero-order valence-electron chi connectivity index (χ0n) is 11.9. The Hall–Kier alpha value is -0.570. The fourth-order valence-corrected chi connectivity index (χ4v) is 2.46. The smallest absolute Gasteiger partial charge is 0.322 e. The second kappa shape index (κ2) is 9.37. The summed E-state index contributed by atoms with van der Waals surface area (Å²) in [6.07, 6.45) is 13.4. The first-order chi connectivity index (χ1) is 8.75. The summed E-state index contributed by atoms with van der Waals surface area (Å²) in [7, 11) is 0. The van der Waals surface area contributed by atoms with E-state index in [-0.39, 0.29) is 6.04 Å². The Morgan fingerprint density at radius 2 is 1.50 bits per heavy atom. The Balaban J connectivity index is 1.73.